The number of pyridine rings is 1. The zero-order chi connectivity index (χ0) is 15.0. The highest BCUT2D eigenvalue weighted by molar-refractivity contribution is 7.80. The lowest BCUT2D eigenvalue weighted by Crippen LogP contribution is -2.28. The SMILES string of the molecule is Cc1cc(N(Cc2cccs2)C2CC2)c(C(N)=S)c(C)n1. The molecular formula is C16H19N3S2. The van der Waals surface area contributed by atoms with E-state index in [1.807, 2.05) is 13.8 Å². The highest BCUT2D eigenvalue weighted by Crippen LogP contribution is 2.36. The first-order valence-electron chi connectivity index (χ1n) is 7.13. The fraction of sp³-hybridized carbons (Fsp3) is 0.375. The third-order valence-corrected chi connectivity index (χ3v) is 4.82. The molecule has 0 spiro atoms. The van der Waals surface area contributed by atoms with Crippen LogP contribution in [0.5, 0.6) is 0 Å². The lowest BCUT2D eigenvalue weighted by Gasteiger charge is -2.27. The molecule has 2 heterocycles. The minimum atomic E-state index is 0.437. The summed E-state index contributed by atoms with van der Waals surface area (Å²) in [5.74, 6) is 0. The van der Waals surface area contributed by atoms with Gasteiger partial charge in [-0.15, -0.1) is 11.3 Å². The van der Waals surface area contributed by atoms with Gasteiger partial charge in [-0.25, -0.2) is 0 Å². The van der Waals surface area contributed by atoms with E-state index in [2.05, 4.69) is 33.5 Å². The van der Waals surface area contributed by atoms with E-state index in [-0.39, 0.29) is 0 Å². The molecule has 21 heavy (non-hydrogen) atoms. The van der Waals surface area contributed by atoms with Crippen molar-refractivity contribution in [1.82, 2.24) is 4.98 Å². The van der Waals surface area contributed by atoms with Crippen molar-refractivity contribution in [2.75, 3.05) is 4.90 Å². The van der Waals surface area contributed by atoms with Crippen LogP contribution in [0, 0.1) is 13.8 Å². The van der Waals surface area contributed by atoms with Crippen LogP contribution in [0.2, 0.25) is 0 Å². The van der Waals surface area contributed by atoms with Gasteiger partial charge in [0.05, 0.1) is 17.8 Å². The maximum Gasteiger partial charge on any atom is 0.107 e. The van der Waals surface area contributed by atoms with Crippen LogP contribution in [0.1, 0.15) is 34.7 Å². The van der Waals surface area contributed by atoms with E-state index in [0.717, 1.165) is 29.2 Å². The Morgan fingerprint density at radius 2 is 2.24 bits per heavy atom. The van der Waals surface area contributed by atoms with Gasteiger partial charge in [-0.2, -0.15) is 0 Å². The van der Waals surface area contributed by atoms with Crippen LogP contribution >= 0.6 is 23.6 Å². The Balaban J connectivity index is 2.04. The van der Waals surface area contributed by atoms with Crippen molar-refractivity contribution in [3.63, 3.8) is 0 Å². The molecule has 2 aromatic rings. The topological polar surface area (TPSA) is 42.1 Å². The summed E-state index contributed by atoms with van der Waals surface area (Å²) < 4.78 is 0. The molecule has 0 amide bonds. The van der Waals surface area contributed by atoms with Gasteiger partial charge in [-0.05, 0) is 44.2 Å². The Morgan fingerprint density at radius 3 is 2.81 bits per heavy atom. The number of anilines is 1. The first-order chi connectivity index (χ1) is 10.1. The summed E-state index contributed by atoms with van der Waals surface area (Å²) in [7, 11) is 0. The molecule has 1 saturated carbocycles. The smallest absolute Gasteiger partial charge is 0.107 e. The Morgan fingerprint density at radius 1 is 1.48 bits per heavy atom. The Bertz CT molecular complexity index is 660. The van der Waals surface area contributed by atoms with E-state index in [9.17, 15) is 0 Å². The number of aryl methyl sites for hydroxylation is 2. The average molecular weight is 317 g/mol. The largest absolute Gasteiger partial charge is 0.389 e. The molecule has 0 unspecified atom stereocenters. The standard InChI is InChI=1S/C16H19N3S2/c1-10-8-14(15(16(17)20)11(2)18-10)19(12-5-6-12)9-13-4-3-7-21-13/h3-4,7-8,12H,5-6,9H2,1-2H3,(H2,17,20). The summed E-state index contributed by atoms with van der Waals surface area (Å²) in [6.07, 6.45) is 2.48. The van der Waals surface area contributed by atoms with E-state index < -0.39 is 0 Å². The molecule has 2 N–H and O–H groups in total. The van der Waals surface area contributed by atoms with Gasteiger partial charge in [0.15, 0.2) is 0 Å². The van der Waals surface area contributed by atoms with Crippen LogP contribution in [-0.4, -0.2) is 16.0 Å². The minimum absolute atomic E-state index is 0.437. The van der Waals surface area contributed by atoms with Crippen molar-refractivity contribution in [3.8, 4) is 0 Å². The quantitative estimate of drug-likeness (QED) is 0.856. The molecule has 0 atom stereocenters. The van der Waals surface area contributed by atoms with Crippen molar-refractivity contribution >= 4 is 34.2 Å². The van der Waals surface area contributed by atoms with Gasteiger partial charge in [0.2, 0.25) is 0 Å². The Kier molecular flexibility index (Phi) is 3.95. The number of thiophene rings is 1. The van der Waals surface area contributed by atoms with Gasteiger partial charge in [-0.3, -0.25) is 4.98 Å². The fourth-order valence-electron chi connectivity index (χ4n) is 2.71. The number of nitrogens with zero attached hydrogens (tertiary/aromatic N) is 2. The van der Waals surface area contributed by atoms with E-state index in [4.69, 9.17) is 18.0 Å². The van der Waals surface area contributed by atoms with Crippen LogP contribution in [0.3, 0.4) is 0 Å². The van der Waals surface area contributed by atoms with Crippen LogP contribution < -0.4 is 10.6 Å². The summed E-state index contributed by atoms with van der Waals surface area (Å²) in [5, 5.41) is 2.12. The van der Waals surface area contributed by atoms with Gasteiger partial charge >= 0.3 is 0 Å². The lowest BCUT2D eigenvalue weighted by atomic mass is 10.1. The molecule has 0 saturated heterocycles. The molecule has 110 valence electrons. The highest BCUT2D eigenvalue weighted by Gasteiger charge is 2.31. The second kappa shape index (κ2) is 5.73. The Hall–Kier alpha value is -1.46. The zero-order valence-electron chi connectivity index (χ0n) is 12.3. The maximum absolute atomic E-state index is 5.96. The first kappa shape index (κ1) is 14.5. The van der Waals surface area contributed by atoms with E-state index in [0.29, 0.717) is 11.0 Å². The molecule has 0 radical (unpaired) electrons. The molecule has 5 heteroatoms. The van der Waals surface area contributed by atoms with Gasteiger partial charge < -0.3 is 10.6 Å². The van der Waals surface area contributed by atoms with Crippen molar-refractivity contribution < 1.29 is 0 Å². The van der Waals surface area contributed by atoms with Crippen LogP contribution in [-0.2, 0) is 6.54 Å². The second-order valence-corrected chi connectivity index (χ2v) is 7.02. The van der Waals surface area contributed by atoms with Crippen LogP contribution in [0.25, 0.3) is 0 Å². The number of rotatable bonds is 5. The maximum atomic E-state index is 5.96. The van der Waals surface area contributed by atoms with E-state index in [1.54, 1.807) is 11.3 Å². The van der Waals surface area contributed by atoms with Gasteiger partial charge in [0.1, 0.15) is 4.99 Å². The van der Waals surface area contributed by atoms with Gasteiger partial charge in [-0.1, -0.05) is 18.3 Å². The fourth-order valence-corrected chi connectivity index (χ4v) is 3.66. The zero-order valence-corrected chi connectivity index (χ0v) is 13.9. The molecule has 3 rings (SSSR count). The van der Waals surface area contributed by atoms with Crippen LogP contribution in [0.4, 0.5) is 5.69 Å². The highest BCUT2D eigenvalue weighted by atomic mass is 32.1. The van der Waals surface area contributed by atoms with Crippen molar-refractivity contribution in [2.45, 2.75) is 39.3 Å². The lowest BCUT2D eigenvalue weighted by molar-refractivity contribution is 0.799. The van der Waals surface area contributed by atoms with Crippen molar-refractivity contribution in [3.05, 3.63) is 45.4 Å². The first-order valence-corrected chi connectivity index (χ1v) is 8.42. The molecule has 0 bridgehead atoms. The van der Waals surface area contributed by atoms with E-state index >= 15 is 0 Å². The third kappa shape index (κ3) is 3.09. The van der Waals surface area contributed by atoms with Crippen molar-refractivity contribution in [2.24, 2.45) is 5.73 Å². The summed E-state index contributed by atoms with van der Waals surface area (Å²) in [5.41, 5.74) is 9.97. The molecular weight excluding hydrogens is 298 g/mol. The summed E-state index contributed by atoms with van der Waals surface area (Å²) in [6, 6.07) is 7.00. The molecule has 2 aromatic heterocycles. The third-order valence-electron chi connectivity index (χ3n) is 3.76. The number of hydrogen-bond donors (Lipinski definition) is 1. The predicted octanol–water partition coefficient (Wildman–Crippen LogP) is 3.56. The van der Waals surface area contributed by atoms with Crippen LogP contribution in [0.15, 0.2) is 23.6 Å². The Labute approximate surface area is 134 Å². The minimum Gasteiger partial charge on any atom is -0.389 e. The molecule has 0 aliphatic heterocycles. The summed E-state index contributed by atoms with van der Waals surface area (Å²) >= 11 is 7.06. The van der Waals surface area contributed by atoms with Gasteiger partial charge in [0, 0.05) is 22.3 Å². The van der Waals surface area contributed by atoms with Gasteiger partial charge in [0.25, 0.3) is 0 Å². The molecule has 1 fully saturated rings. The number of hydrogen-bond acceptors (Lipinski definition) is 4. The molecule has 1 aliphatic rings. The molecule has 1 aliphatic carbocycles. The van der Waals surface area contributed by atoms with Crippen molar-refractivity contribution in [1.29, 1.82) is 0 Å². The molecule has 0 aromatic carbocycles. The summed E-state index contributed by atoms with van der Waals surface area (Å²) in [4.78, 5) is 8.77. The summed E-state index contributed by atoms with van der Waals surface area (Å²) in [6.45, 7) is 4.93. The normalized spacial score (nSPS) is 14.2. The second-order valence-electron chi connectivity index (χ2n) is 5.55. The monoisotopic (exact) mass is 317 g/mol. The number of aromatic nitrogens is 1. The number of nitrogens with two attached hydrogens (primary N) is 1. The predicted molar refractivity (Wildman–Crippen MR) is 93.1 cm³/mol. The average Bonchev–Trinajstić information content (AvgIpc) is 3.11. The van der Waals surface area contributed by atoms with E-state index in [1.165, 1.54) is 17.7 Å². The molecule has 3 nitrogen and oxygen atoms in total. The number of thiocarbonyl (C=S) groups is 1.